The quantitative estimate of drug-likeness (QED) is 0.431. The molecule has 0 saturated carbocycles. The number of nitrogens with zero attached hydrogens (tertiary/aromatic N) is 2. The van der Waals surface area contributed by atoms with Crippen molar-refractivity contribution in [1.29, 1.82) is 5.26 Å². The highest BCUT2D eigenvalue weighted by molar-refractivity contribution is 5.66. The fourth-order valence-corrected chi connectivity index (χ4v) is 2.14. The van der Waals surface area contributed by atoms with Crippen LogP contribution in [-0.2, 0) is 6.42 Å². The molecule has 2 aromatic rings. The number of ether oxygens (including phenoxy) is 1. The van der Waals surface area contributed by atoms with Crippen LogP contribution in [0.2, 0.25) is 0 Å². The first kappa shape index (κ1) is 17.7. The van der Waals surface area contributed by atoms with Crippen molar-refractivity contribution >= 4 is 0 Å². The van der Waals surface area contributed by atoms with Crippen molar-refractivity contribution in [1.82, 2.24) is 4.98 Å². The Bertz CT molecular complexity index is 738. The molecule has 0 N–H and O–H groups in total. The number of aromatic nitrogens is 1. The van der Waals surface area contributed by atoms with Crippen LogP contribution in [0.3, 0.4) is 0 Å². The zero-order valence-corrected chi connectivity index (χ0v) is 12.5. The second-order valence-electron chi connectivity index (χ2n) is 4.97. The molecule has 24 heavy (non-hydrogen) atoms. The number of hydrogen-bond donors (Lipinski definition) is 0. The summed E-state index contributed by atoms with van der Waals surface area (Å²) in [5.41, 5.74) is 0.393. The van der Waals surface area contributed by atoms with Crippen molar-refractivity contribution in [3.63, 3.8) is 0 Å². The summed E-state index contributed by atoms with van der Waals surface area (Å²) < 4.78 is 55.2. The molecule has 3 nitrogen and oxygen atoms in total. The second-order valence-corrected chi connectivity index (χ2v) is 4.97. The lowest BCUT2D eigenvalue weighted by molar-refractivity contribution is -0.274. The van der Waals surface area contributed by atoms with Crippen LogP contribution >= 0.6 is 0 Å². The summed E-state index contributed by atoms with van der Waals surface area (Å²) in [6.07, 6.45) is -2.79. The minimum atomic E-state index is -4.87. The summed E-state index contributed by atoms with van der Waals surface area (Å²) in [4.78, 5) is 3.73. The number of pyridine rings is 1. The Morgan fingerprint density at radius 2 is 2.00 bits per heavy atom. The first-order valence-corrected chi connectivity index (χ1v) is 7.20. The molecule has 1 radical (unpaired) electrons. The number of halogens is 4. The van der Waals surface area contributed by atoms with E-state index in [0.29, 0.717) is 31.2 Å². The molecule has 0 saturated heterocycles. The van der Waals surface area contributed by atoms with E-state index in [1.807, 2.05) is 6.07 Å². The Kier molecular flexibility index (Phi) is 5.74. The van der Waals surface area contributed by atoms with Crippen LogP contribution in [0.15, 0.2) is 30.3 Å². The average molecular weight is 337 g/mol. The molecule has 0 aliphatic heterocycles. The highest BCUT2D eigenvalue weighted by Gasteiger charge is 2.32. The van der Waals surface area contributed by atoms with Crippen LogP contribution in [0.25, 0.3) is 11.3 Å². The topological polar surface area (TPSA) is 45.9 Å². The lowest BCUT2D eigenvalue weighted by Crippen LogP contribution is -2.17. The zero-order valence-electron chi connectivity index (χ0n) is 12.5. The summed E-state index contributed by atoms with van der Waals surface area (Å²) >= 11 is 0. The number of nitriles is 1. The third-order valence-corrected chi connectivity index (χ3v) is 3.22. The highest BCUT2D eigenvalue weighted by Crippen LogP contribution is 2.32. The molecule has 0 aliphatic carbocycles. The predicted molar refractivity (Wildman–Crippen MR) is 78.3 cm³/mol. The minimum absolute atomic E-state index is 0.00440. The molecule has 0 fully saturated rings. The number of benzene rings is 1. The van der Waals surface area contributed by atoms with Crippen molar-refractivity contribution in [3.8, 4) is 23.1 Å². The number of para-hydroxylation sites is 1. The molecule has 1 aromatic carbocycles. The molecule has 0 unspecified atom stereocenters. The van der Waals surface area contributed by atoms with Crippen molar-refractivity contribution in [2.24, 2.45) is 0 Å². The standard InChI is InChI=1S/C17H13F4N2O/c18-16-12(6-2-1-5-11-22)9-10-14(23-16)13-7-3-4-8-15(13)24-17(19,20)21/h3-4,7,9-10H,1-2,5-6H2. The van der Waals surface area contributed by atoms with Gasteiger partial charge in [0.05, 0.1) is 11.8 Å². The maximum atomic E-state index is 14.1. The van der Waals surface area contributed by atoms with Crippen LogP contribution in [0, 0.1) is 23.3 Å². The van der Waals surface area contributed by atoms with Gasteiger partial charge in [-0.1, -0.05) is 18.2 Å². The smallest absolute Gasteiger partial charge is 0.404 e. The third-order valence-electron chi connectivity index (χ3n) is 3.22. The molecule has 0 amide bonds. The number of rotatable bonds is 6. The number of hydrogen-bond acceptors (Lipinski definition) is 3. The zero-order chi connectivity index (χ0) is 17.6. The lowest BCUT2D eigenvalue weighted by Gasteiger charge is -2.13. The van der Waals surface area contributed by atoms with Gasteiger partial charge in [0.15, 0.2) is 0 Å². The van der Waals surface area contributed by atoms with Gasteiger partial charge in [-0.15, -0.1) is 13.2 Å². The molecule has 1 heterocycles. The number of alkyl halides is 3. The van der Waals surface area contributed by atoms with Gasteiger partial charge in [0.1, 0.15) is 5.75 Å². The number of aryl methyl sites for hydroxylation is 1. The van der Waals surface area contributed by atoms with Gasteiger partial charge in [0.25, 0.3) is 0 Å². The first-order valence-electron chi connectivity index (χ1n) is 7.20. The SMILES string of the molecule is N#CCCCCc1ccc(-c2ccc[c]c2OC(F)(F)F)nc1F. The first-order chi connectivity index (χ1) is 11.4. The molecule has 0 aliphatic rings. The van der Waals surface area contributed by atoms with Gasteiger partial charge in [-0.25, -0.2) is 4.98 Å². The van der Waals surface area contributed by atoms with Gasteiger partial charge in [-0.05, 0) is 31.4 Å². The Morgan fingerprint density at radius 3 is 2.67 bits per heavy atom. The maximum absolute atomic E-state index is 14.1. The largest absolute Gasteiger partial charge is 0.573 e. The van der Waals surface area contributed by atoms with Crippen molar-refractivity contribution < 1.29 is 22.3 Å². The van der Waals surface area contributed by atoms with Gasteiger partial charge in [0.2, 0.25) is 5.95 Å². The fraction of sp³-hybridized carbons (Fsp3) is 0.294. The monoisotopic (exact) mass is 337 g/mol. The molecule has 125 valence electrons. The van der Waals surface area contributed by atoms with Crippen LogP contribution in [0.1, 0.15) is 24.8 Å². The molecule has 0 bridgehead atoms. The number of unbranched alkanes of at least 4 members (excludes halogenated alkanes) is 2. The Morgan fingerprint density at radius 1 is 1.21 bits per heavy atom. The van der Waals surface area contributed by atoms with Crippen molar-refractivity contribution in [2.45, 2.75) is 32.0 Å². The molecule has 1 aromatic heterocycles. The normalized spacial score (nSPS) is 11.1. The van der Waals surface area contributed by atoms with E-state index in [0.717, 1.165) is 0 Å². The molecule has 0 spiro atoms. The van der Waals surface area contributed by atoms with Crippen LogP contribution < -0.4 is 4.74 Å². The summed E-state index contributed by atoms with van der Waals surface area (Å²) in [5.74, 6) is -1.30. The van der Waals surface area contributed by atoms with Crippen LogP contribution in [0.5, 0.6) is 5.75 Å². The van der Waals surface area contributed by atoms with Gasteiger partial charge in [0, 0.05) is 23.6 Å². The molecular weight excluding hydrogens is 324 g/mol. The van der Waals surface area contributed by atoms with E-state index in [1.165, 1.54) is 30.3 Å². The van der Waals surface area contributed by atoms with E-state index in [2.05, 4.69) is 15.8 Å². The minimum Gasteiger partial charge on any atom is -0.404 e. The van der Waals surface area contributed by atoms with E-state index >= 15 is 0 Å². The van der Waals surface area contributed by atoms with E-state index in [1.54, 1.807) is 0 Å². The molecule has 0 atom stereocenters. The highest BCUT2D eigenvalue weighted by atomic mass is 19.4. The maximum Gasteiger partial charge on any atom is 0.573 e. The van der Waals surface area contributed by atoms with E-state index in [-0.39, 0.29) is 11.3 Å². The summed E-state index contributed by atoms with van der Waals surface area (Å²) in [5, 5.41) is 8.46. The van der Waals surface area contributed by atoms with Crippen molar-refractivity contribution in [3.05, 3.63) is 47.9 Å². The summed E-state index contributed by atoms with van der Waals surface area (Å²) in [7, 11) is 0. The van der Waals surface area contributed by atoms with E-state index in [4.69, 9.17) is 5.26 Å². The second kappa shape index (κ2) is 7.77. The van der Waals surface area contributed by atoms with Crippen molar-refractivity contribution in [2.75, 3.05) is 0 Å². The van der Waals surface area contributed by atoms with E-state index < -0.39 is 18.1 Å². The fourth-order valence-electron chi connectivity index (χ4n) is 2.14. The third kappa shape index (κ3) is 4.95. The summed E-state index contributed by atoms with van der Waals surface area (Å²) in [6.45, 7) is 0. The Hall–Kier alpha value is -2.62. The molecule has 2 rings (SSSR count). The summed E-state index contributed by atoms with van der Waals surface area (Å²) in [6, 6.07) is 11.4. The predicted octanol–water partition coefficient (Wildman–Crippen LogP) is 4.82. The average Bonchev–Trinajstić information content (AvgIpc) is 2.52. The van der Waals surface area contributed by atoms with E-state index in [9.17, 15) is 17.6 Å². The lowest BCUT2D eigenvalue weighted by atomic mass is 10.1. The Labute approximate surface area is 136 Å². The van der Waals surface area contributed by atoms with Gasteiger partial charge in [-0.2, -0.15) is 9.65 Å². The van der Waals surface area contributed by atoms with Gasteiger partial charge in [-0.3, -0.25) is 0 Å². The Balaban J connectivity index is 2.22. The molecule has 7 heteroatoms. The van der Waals surface area contributed by atoms with Crippen LogP contribution in [-0.4, -0.2) is 11.3 Å². The van der Waals surface area contributed by atoms with Gasteiger partial charge < -0.3 is 4.74 Å². The molecular formula is C17H13F4N2O. The van der Waals surface area contributed by atoms with Crippen LogP contribution in [0.4, 0.5) is 17.6 Å². The van der Waals surface area contributed by atoms with Gasteiger partial charge >= 0.3 is 6.36 Å².